The molecule has 1 aromatic rings. The summed E-state index contributed by atoms with van der Waals surface area (Å²) in [5.41, 5.74) is 0.911. The minimum absolute atomic E-state index is 0.183. The normalized spacial score (nSPS) is 19.4. The number of rotatable bonds is 5. The Labute approximate surface area is 119 Å². The van der Waals surface area contributed by atoms with E-state index in [-0.39, 0.29) is 11.6 Å². The molecule has 6 heteroatoms. The fourth-order valence-corrected chi connectivity index (χ4v) is 2.59. The smallest absolute Gasteiger partial charge is 0.423 e. The van der Waals surface area contributed by atoms with Crippen molar-refractivity contribution in [1.82, 2.24) is 4.90 Å². The van der Waals surface area contributed by atoms with E-state index >= 15 is 0 Å². The van der Waals surface area contributed by atoms with Gasteiger partial charge >= 0.3 is 7.12 Å². The fourth-order valence-electron chi connectivity index (χ4n) is 2.59. The summed E-state index contributed by atoms with van der Waals surface area (Å²) in [6.45, 7) is 2.17. The molecule has 2 N–H and O–H groups in total. The van der Waals surface area contributed by atoms with Gasteiger partial charge in [-0.15, -0.1) is 0 Å². The SMILES string of the molecule is CN(Cc1cc(F)cc(B(O)O)c1)CC1CCCCO1. The number of halogens is 1. The van der Waals surface area contributed by atoms with E-state index in [1.807, 2.05) is 7.05 Å². The zero-order valence-electron chi connectivity index (χ0n) is 11.8. The first kappa shape index (κ1) is 15.4. The van der Waals surface area contributed by atoms with Crippen molar-refractivity contribution in [2.75, 3.05) is 20.2 Å². The molecule has 0 saturated carbocycles. The van der Waals surface area contributed by atoms with Crippen LogP contribution in [0.4, 0.5) is 4.39 Å². The maximum Gasteiger partial charge on any atom is 0.488 e. The van der Waals surface area contributed by atoms with Crippen LogP contribution in [0.5, 0.6) is 0 Å². The van der Waals surface area contributed by atoms with E-state index < -0.39 is 12.9 Å². The van der Waals surface area contributed by atoms with Crippen molar-refractivity contribution in [1.29, 1.82) is 0 Å². The highest BCUT2D eigenvalue weighted by Gasteiger charge is 2.17. The van der Waals surface area contributed by atoms with Gasteiger partial charge in [0.15, 0.2) is 0 Å². The lowest BCUT2D eigenvalue weighted by atomic mass is 9.79. The van der Waals surface area contributed by atoms with Crippen molar-refractivity contribution in [2.24, 2.45) is 0 Å². The molecule has 1 fully saturated rings. The highest BCUT2D eigenvalue weighted by atomic mass is 19.1. The van der Waals surface area contributed by atoms with Gasteiger partial charge in [-0.1, -0.05) is 6.07 Å². The summed E-state index contributed by atoms with van der Waals surface area (Å²) < 4.78 is 19.1. The monoisotopic (exact) mass is 281 g/mol. The van der Waals surface area contributed by atoms with Crippen molar-refractivity contribution in [3.63, 3.8) is 0 Å². The van der Waals surface area contributed by atoms with E-state index in [1.165, 1.54) is 12.5 Å². The predicted molar refractivity (Wildman–Crippen MR) is 76.2 cm³/mol. The quantitative estimate of drug-likeness (QED) is 0.772. The second-order valence-corrected chi connectivity index (χ2v) is 5.45. The molecule has 2 rings (SSSR count). The first-order valence-corrected chi connectivity index (χ1v) is 7.00. The molecular weight excluding hydrogens is 260 g/mol. The highest BCUT2D eigenvalue weighted by Crippen LogP contribution is 2.14. The number of hydrogen-bond acceptors (Lipinski definition) is 4. The van der Waals surface area contributed by atoms with Gasteiger partial charge in [-0.3, -0.25) is 4.90 Å². The predicted octanol–water partition coefficient (Wildman–Crippen LogP) is 0.506. The second kappa shape index (κ2) is 7.17. The minimum atomic E-state index is -1.64. The van der Waals surface area contributed by atoms with E-state index in [9.17, 15) is 4.39 Å². The molecule has 1 atom stereocenters. The van der Waals surface area contributed by atoms with Gasteiger partial charge in [0.1, 0.15) is 5.82 Å². The number of benzene rings is 1. The molecule has 0 aliphatic carbocycles. The van der Waals surface area contributed by atoms with Crippen molar-refractivity contribution in [2.45, 2.75) is 31.9 Å². The maximum absolute atomic E-state index is 13.4. The average molecular weight is 281 g/mol. The molecule has 1 aliphatic rings. The second-order valence-electron chi connectivity index (χ2n) is 5.45. The largest absolute Gasteiger partial charge is 0.488 e. The van der Waals surface area contributed by atoms with Crippen LogP contribution in [0.25, 0.3) is 0 Å². The first-order valence-electron chi connectivity index (χ1n) is 7.00. The van der Waals surface area contributed by atoms with Crippen LogP contribution in [0.3, 0.4) is 0 Å². The molecular formula is C14H21BFNO3. The summed E-state index contributed by atoms with van der Waals surface area (Å²) in [6, 6.07) is 4.18. The zero-order chi connectivity index (χ0) is 14.5. The number of nitrogens with zero attached hydrogens (tertiary/aromatic N) is 1. The van der Waals surface area contributed by atoms with Gasteiger partial charge < -0.3 is 14.8 Å². The molecule has 0 spiro atoms. The first-order chi connectivity index (χ1) is 9.54. The summed E-state index contributed by atoms with van der Waals surface area (Å²) >= 11 is 0. The summed E-state index contributed by atoms with van der Waals surface area (Å²) in [4.78, 5) is 2.07. The Morgan fingerprint density at radius 1 is 1.35 bits per heavy atom. The Kier molecular flexibility index (Phi) is 5.54. The summed E-state index contributed by atoms with van der Waals surface area (Å²) in [5, 5.41) is 18.2. The molecule has 0 aromatic heterocycles. The van der Waals surface area contributed by atoms with Crippen molar-refractivity contribution in [3.8, 4) is 0 Å². The Bertz CT molecular complexity index is 438. The van der Waals surface area contributed by atoms with E-state index in [1.54, 1.807) is 6.07 Å². The molecule has 0 amide bonds. The van der Waals surface area contributed by atoms with Gasteiger partial charge in [-0.05, 0) is 49.5 Å². The van der Waals surface area contributed by atoms with Crippen LogP contribution in [-0.4, -0.2) is 48.4 Å². The summed E-state index contributed by atoms with van der Waals surface area (Å²) in [6.07, 6.45) is 3.63. The van der Waals surface area contributed by atoms with Crippen LogP contribution in [0.1, 0.15) is 24.8 Å². The Balaban J connectivity index is 1.94. The third kappa shape index (κ3) is 4.56. The van der Waals surface area contributed by atoms with Gasteiger partial charge in [-0.25, -0.2) is 4.39 Å². The Morgan fingerprint density at radius 2 is 2.15 bits per heavy atom. The molecule has 1 heterocycles. The number of likely N-dealkylation sites (N-methyl/N-ethyl adjacent to an activating group) is 1. The third-order valence-electron chi connectivity index (χ3n) is 3.52. The molecule has 1 saturated heterocycles. The van der Waals surface area contributed by atoms with Crippen molar-refractivity contribution in [3.05, 3.63) is 29.6 Å². The van der Waals surface area contributed by atoms with Crippen LogP contribution >= 0.6 is 0 Å². The standard InChI is InChI=1S/C14H21BFNO3/c1-17(10-14-4-2-3-5-20-14)9-11-6-12(15(18)19)8-13(16)7-11/h6-8,14,18-19H,2-5,9-10H2,1H3. The summed E-state index contributed by atoms with van der Waals surface area (Å²) in [7, 11) is 0.314. The van der Waals surface area contributed by atoms with E-state index in [0.29, 0.717) is 6.54 Å². The molecule has 0 bridgehead atoms. The third-order valence-corrected chi connectivity index (χ3v) is 3.52. The van der Waals surface area contributed by atoms with Gasteiger partial charge in [-0.2, -0.15) is 0 Å². The topological polar surface area (TPSA) is 52.9 Å². The lowest BCUT2D eigenvalue weighted by Gasteiger charge is -2.27. The molecule has 4 nitrogen and oxygen atoms in total. The lowest BCUT2D eigenvalue weighted by molar-refractivity contribution is -0.00259. The highest BCUT2D eigenvalue weighted by molar-refractivity contribution is 6.58. The Morgan fingerprint density at radius 3 is 2.80 bits per heavy atom. The van der Waals surface area contributed by atoms with Crippen LogP contribution in [0, 0.1) is 5.82 Å². The molecule has 0 radical (unpaired) electrons. The minimum Gasteiger partial charge on any atom is -0.423 e. The van der Waals surface area contributed by atoms with Crippen LogP contribution < -0.4 is 5.46 Å². The molecule has 1 aliphatic heterocycles. The molecule has 110 valence electrons. The number of hydrogen-bond donors (Lipinski definition) is 2. The molecule has 1 unspecified atom stereocenters. The number of ether oxygens (including phenoxy) is 1. The molecule has 20 heavy (non-hydrogen) atoms. The Hall–Kier alpha value is -0.945. The van der Waals surface area contributed by atoms with Gasteiger partial charge in [0.05, 0.1) is 6.10 Å². The van der Waals surface area contributed by atoms with Crippen molar-refractivity contribution < 1.29 is 19.2 Å². The van der Waals surface area contributed by atoms with E-state index in [4.69, 9.17) is 14.8 Å². The van der Waals surface area contributed by atoms with Gasteiger partial charge in [0.25, 0.3) is 0 Å². The van der Waals surface area contributed by atoms with Gasteiger partial charge in [0.2, 0.25) is 0 Å². The van der Waals surface area contributed by atoms with E-state index in [2.05, 4.69) is 4.90 Å². The van der Waals surface area contributed by atoms with Crippen LogP contribution in [0.2, 0.25) is 0 Å². The maximum atomic E-state index is 13.4. The molecule has 1 aromatic carbocycles. The van der Waals surface area contributed by atoms with Crippen LogP contribution in [-0.2, 0) is 11.3 Å². The average Bonchev–Trinajstić information content (AvgIpc) is 2.38. The fraction of sp³-hybridized carbons (Fsp3) is 0.571. The van der Waals surface area contributed by atoms with E-state index in [0.717, 1.165) is 37.6 Å². The van der Waals surface area contributed by atoms with Gasteiger partial charge in [0, 0.05) is 19.7 Å². The summed E-state index contributed by atoms with van der Waals surface area (Å²) in [5.74, 6) is -0.451. The van der Waals surface area contributed by atoms with Crippen molar-refractivity contribution >= 4 is 12.6 Å². The zero-order valence-corrected chi connectivity index (χ0v) is 11.8. The van der Waals surface area contributed by atoms with Crippen LogP contribution in [0.15, 0.2) is 18.2 Å². The lowest BCUT2D eigenvalue weighted by Crippen LogP contribution is -2.34.